The number of carboxylic acid groups (broad SMARTS) is 1. The van der Waals surface area contributed by atoms with Gasteiger partial charge < -0.3 is 10.8 Å². The van der Waals surface area contributed by atoms with Gasteiger partial charge in [0.1, 0.15) is 0 Å². The van der Waals surface area contributed by atoms with E-state index in [1.165, 1.54) is 0 Å². The van der Waals surface area contributed by atoms with E-state index in [2.05, 4.69) is 0 Å². The lowest BCUT2D eigenvalue weighted by Gasteiger charge is -2.27. The van der Waals surface area contributed by atoms with Crippen molar-refractivity contribution in [2.45, 2.75) is 25.8 Å². The van der Waals surface area contributed by atoms with Gasteiger partial charge in [0.2, 0.25) is 0 Å². The van der Waals surface area contributed by atoms with Crippen LogP contribution in [0.4, 0.5) is 0 Å². The molecule has 0 aliphatic heterocycles. The minimum absolute atomic E-state index is 0.294. The van der Waals surface area contributed by atoms with Crippen LogP contribution in [0.3, 0.4) is 0 Å². The summed E-state index contributed by atoms with van der Waals surface area (Å²) in [5, 5.41) is 8.82. The summed E-state index contributed by atoms with van der Waals surface area (Å²) >= 11 is 0. The second kappa shape index (κ2) is 2.75. The fourth-order valence-corrected chi connectivity index (χ4v) is 1.24. The van der Waals surface area contributed by atoms with Crippen LogP contribution in [0.2, 0.25) is 0 Å². The molecule has 1 aliphatic carbocycles. The van der Waals surface area contributed by atoms with Crippen molar-refractivity contribution in [3.8, 4) is 0 Å². The first-order valence-electron chi connectivity index (χ1n) is 3.84. The van der Waals surface area contributed by atoms with Gasteiger partial charge in [0, 0.05) is 5.54 Å². The van der Waals surface area contributed by atoms with Crippen LogP contribution in [0.1, 0.15) is 20.3 Å². The number of carbonyl (C=O) groups is 1. The summed E-state index contributed by atoms with van der Waals surface area (Å²) in [7, 11) is 0. The summed E-state index contributed by atoms with van der Waals surface area (Å²) in [5.74, 6) is -0.924. The van der Waals surface area contributed by atoms with Gasteiger partial charge in [0.15, 0.2) is 0 Å². The molecule has 1 unspecified atom stereocenters. The van der Waals surface area contributed by atoms with Crippen LogP contribution in [-0.4, -0.2) is 16.6 Å². The highest BCUT2D eigenvalue weighted by atomic mass is 16.4. The van der Waals surface area contributed by atoms with Crippen molar-refractivity contribution in [2.75, 3.05) is 0 Å². The number of carboxylic acids is 1. The van der Waals surface area contributed by atoms with Crippen LogP contribution in [0.25, 0.3) is 0 Å². The van der Waals surface area contributed by atoms with E-state index < -0.39 is 11.5 Å². The van der Waals surface area contributed by atoms with E-state index >= 15 is 0 Å². The number of hydrogen-bond acceptors (Lipinski definition) is 2. The van der Waals surface area contributed by atoms with E-state index in [1.54, 1.807) is 13.0 Å². The van der Waals surface area contributed by atoms with Gasteiger partial charge >= 0.3 is 5.97 Å². The predicted octanol–water partition coefficient (Wildman–Crippen LogP) is 1.06. The van der Waals surface area contributed by atoms with Gasteiger partial charge in [-0.3, -0.25) is 0 Å². The molecule has 3 heteroatoms. The summed E-state index contributed by atoms with van der Waals surface area (Å²) in [4.78, 5) is 10.7. The molecule has 66 valence electrons. The van der Waals surface area contributed by atoms with Crippen LogP contribution in [-0.2, 0) is 4.79 Å². The SMILES string of the molecule is CC1=CCC(C)(N)C(C(=O)O)=C1. The quantitative estimate of drug-likeness (QED) is 0.614. The first-order chi connectivity index (χ1) is 5.43. The summed E-state index contributed by atoms with van der Waals surface area (Å²) in [6.07, 6.45) is 4.18. The highest BCUT2D eigenvalue weighted by Crippen LogP contribution is 2.25. The predicted molar refractivity (Wildman–Crippen MR) is 46.7 cm³/mol. The largest absolute Gasteiger partial charge is 0.478 e. The monoisotopic (exact) mass is 167 g/mol. The molecule has 3 nitrogen and oxygen atoms in total. The Hall–Kier alpha value is -1.09. The molecule has 1 aliphatic rings. The van der Waals surface area contributed by atoms with Crippen molar-refractivity contribution in [1.82, 2.24) is 0 Å². The van der Waals surface area contributed by atoms with Crippen molar-refractivity contribution in [3.63, 3.8) is 0 Å². The highest BCUT2D eigenvalue weighted by molar-refractivity contribution is 5.90. The molecule has 0 aromatic carbocycles. The second-order valence-electron chi connectivity index (χ2n) is 3.43. The average Bonchev–Trinajstić information content (AvgIpc) is 1.94. The average molecular weight is 167 g/mol. The van der Waals surface area contributed by atoms with E-state index in [0.717, 1.165) is 5.57 Å². The Morgan fingerprint density at radius 3 is 2.75 bits per heavy atom. The second-order valence-corrected chi connectivity index (χ2v) is 3.43. The van der Waals surface area contributed by atoms with Crippen molar-refractivity contribution in [1.29, 1.82) is 0 Å². The minimum Gasteiger partial charge on any atom is -0.478 e. The summed E-state index contributed by atoms with van der Waals surface area (Å²) in [6.45, 7) is 3.61. The summed E-state index contributed by atoms with van der Waals surface area (Å²) in [6, 6.07) is 0. The number of aliphatic carboxylic acids is 1. The lowest BCUT2D eigenvalue weighted by Crippen LogP contribution is -2.42. The van der Waals surface area contributed by atoms with Crippen LogP contribution in [0.5, 0.6) is 0 Å². The number of hydrogen-bond donors (Lipinski definition) is 2. The van der Waals surface area contributed by atoms with Gasteiger partial charge in [-0.15, -0.1) is 0 Å². The molecule has 1 atom stereocenters. The number of allylic oxidation sites excluding steroid dienone is 2. The van der Waals surface area contributed by atoms with Crippen molar-refractivity contribution in [2.24, 2.45) is 5.73 Å². The van der Waals surface area contributed by atoms with Gasteiger partial charge in [0.05, 0.1) is 5.57 Å². The Balaban J connectivity index is 3.05. The lowest BCUT2D eigenvalue weighted by molar-refractivity contribution is -0.133. The maximum atomic E-state index is 10.7. The molecule has 0 heterocycles. The number of nitrogens with two attached hydrogens (primary N) is 1. The van der Waals surface area contributed by atoms with Crippen LogP contribution in [0.15, 0.2) is 23.3 Å². The van der Waals surface area contributed by atoms with Gasteiger partial charge in [-0.2, -0.15) is 0 Å². The fourth-order valence-electron chi connectivity index (χ4n) is 1.24. The van der Waals surface area contributed by atoms with Crippen molar-refractivity contribution in [3.05, 3.63) is 23.3 Å². The topological polar surface area (TPSA) is 63.3 Å². The van der Waals surface area contributed by atoms with E-state index in [4.69, 9.17) is 10.8 Å². The van der Waals surface area contributed by atoms with E-state index in [9.17, 15) is 4.79 Å². The maximum absolute atomic E-state index is 10.7. The van der Waals surface area contributed by atoms with Crippen LogP contribution >= 0.6 is 0 Å². The van der Waals surface area contributed by atoms with Crippen LogP contribution in [0, 0.1) is 0 Å². The molecule has 0 radical (unpaired) electrons. The molecular formula is C9H13NO2. The first kappa shape index (κ1) is 9.00. The van der Waals surface area contributed by atoms with Crippen molar-refractivity contribution < 1.29 is 9.90 Å². The Bertz CT molecular complexity index is 274. The Kier molecular flexibility index (Phi) is 2.06. The van der Waals surface area contributed by atoms with Gasteiger partial charge in [-0.05, 0) is 26.3 Å². The van der Waals surface area contributed by atoms with Crippen LogP contribution < -0.4 is 5.73 Å². The normalized spacial score (nSPS) is 29.2. The highest BCUT2D eigenvalue weighted by Gasteiger charge is 2.30. The van der Waals surface area contributed by atoms with E-state index in [1.807, 2.05) is 13.0 Å². The van der Waals surface area contributed by atoms with E-state index in [0.29, 0.717) is 12.0 Å². The molecule has 0 spiro atoms. The smallest absolute Gasteiger partial charge is 0.333 e. The van der Waals surface area contributed by atoms with Gasteiger partial charge in [0.25, 0.3) is 0 Å². The third-order valence-electron chi connectivity index (χ3n) is 2.07. The molecule has 0 saturated carbocycles. The molecular weight excluding hydrogens is 154 g/mol. The fraction of sp³-hybridized carbons (Fsp3) is 0.444. The van der Waals surface area contributed by atoms with E-state index in [-0.39, 0.29) is 0 Å². The zero-order valence-electron chi connectivity index (χ0n) is 7.29. The molecule has 0 aromatic heterocycles. The zero-order chi connectivity index (χ0) is 9.35. The molecule has 0 amide bonds. The molecule has 0 fully saturated rings. The Morgan fingerprint density at radius 1 is 1.75 bits per heavy atom. The Morgan fingerprint density at radius 2 is 2.33 bits per heavy atom. The zero-order valence-corrected chi connectivity index (χ0v) is 7.29. The Labute approximate surface area is 71.6 Å². The molecule has 0 saturated heterocycles. The third kappa shape index (κ3) is 1.56. The number of rotatable bonds is 1. The maximum Gasteiger partial charge on any atom is 0.333 e. The third-order valence-corrected chi connectivity index (χ3v) is 2.07. The molecule has 0 aromatic rings. The van der Waals surface area contributed by atoms with Gasteiger partial charge in [-0.25, -0.2) is 4.79 Å². The minimum atomic E-state index is -0.924. The summed E-state index contributed by atoms with van der Waals surface area (Å²) in [5.41, 5.74) is 6.34. The lowest BCUT2D eigenvalue weighted by atomic mass is 9.84. The summed E-state index contributed by atoms with van der Waals surface area (Å²) < 4.78 is 0. The molecule has 12 heavy (non-hydrogen) atoms. The van der Waals surface area contributed by atoms with Crippen molar-refractivity contribution >= 4 is 5.97 Å². The molecule has 1 rings (SSSR count). The molecule has 0 bridgehead atoms. The van der Waals surface area contributed by atoms with Gasteiger partial charge in [-0.1, -0.05) is 11.6 Å². The molecule has 3 N–H and O–H groups in total. The first-order valence-corrected chi connectivity index (χ1v) is 3.84. The standard InChI is InChI=1S/C9H13NO2/c1-6-3-4-9(2,10)7(5-6)8(11)12/h3,5H,4,10H2,1-2H3,(H,11,12).